The van der Waals surface area contributed by atoms with Gasteiger partial charge >= 0.3 is 5.97 Å². The van der Waals surface area contributed by atoms with Gasteiger partial charge in [-0.25, -0.2) is 4.79 Å². The number of hydrogen-bond donors (Lipinski definition) is 1. The molecule has 4 aliphatic carbocycles. The highest BCUT2D eigenvalue weighted by Crippen LogP contribution is 2.59. The zero-order chi connectivity index (χ0) is 17.7. The second-order valence-corrected chi connectivity index (χ2v) is 8.46. The maximum atomic E-state index is 10.9. The first-order chi connectivity index (χ1) is 12.7. The molecule has 0 radical (unpaired) electrons. The summed E-state index contributed by atoms with van der Waals surface area (Å²) in [7, 11) is 0. The number of ether oxygens (including phenoxy) is 1. The van der Waals surface area contributed by atoms with Crippen molar-refractivity contribution in [3.8, 4) is 11.5 Å². The smallest absolute Gasteiger partial charge is 0.335 e. The van der Waals surface area contributed by atoms with Crippen molar-refractivity contribution in [2.24, 2.45) is 23.7 Å². The van der Waals surface area contributed by atoms with E-state index < -0.39 is 5.97 Å². The molecule has 134 valence electrons. The van der Waals surface area contributed by atoms with E-state index in [-0.39, 0.29) is 5.56 Å². The van der Waals surface area contributed by atoms with Crippen molar-refractivity contribution in [1.82, 2.24) is 0 Å². The minimum absolute atomic E-state index is 0.273. The van der Waals surface area contributed by atoms with E-state index in [1.54, 1.807) is 24.3 Å². The quantitative estimate of drug-likeness (QED) is 0.769. The number of carboxylic acid groups (broad SMARTS) is 1. The van der Waals surface area contributed by atoms with Gasteiger partial charge in [0.2, 0.25) is 0 Å². The molecule has 0 atom stereocenters. The van der Waals surface area contributed by atoms with Crippen molar-refractivity contribution in [2.45, 2.75) is 38.0 Å². The summed E-state index contributed by atoms with van der Waals surface area (Å²) in [5.41, 5.74) is 1.75. The fourth-order valence-electron chi connectivity index (χ4n) is 6.03. The Kier molecular flexibility index (Phi) is 3.77. The van der Waals surface area contributed by atoms with Gasteiger partial charge in [-0.15, -0.1) is 0 Å². The van der Waals surface area contributed by atoms with E-state index >= 15 is 0 Å². The Morgan fingerprint density at radius 1 is 0.769 bits per heavy atom. The van der Waals surface area contributed by atoms with Crippen LogP contribution in [0.5, 0.6) is 11.5 Å². The number of rotatable bonds is 4. The average Bonchev–Trinajstić information content (AvgIpc) is 2.63. The number of hydrogen-bond acceptors (Lipinski definition) is 2. The van der Waals surface area contributed by atoms with Gasteiger partial charge in [0.15, 0.2) is 0 Å². The lowest BCUT2D eigenvalue weighted by molar-refractivity contribution is -0.00279. The number of carbonyl (C=O) groups is 1. The fourth-order valence-corrected chi connectivity index (χ4v) is 6.03. The predicted molar refractivity (Wildman–Crippen MR) is 99.7 cm³/mol. The molecule has 0 aliphatic heterocycles. The molecule has 4 aliphatic rings. The minimum Gasteiger partial charge on any atom is -0.478 e. The maximum absolute atomic E-state index is 10.9. The van der Waals surface area contributed by atoms with Crippen LogP contribution in [-0.4, -0.2) is 11.1 Å². The van der Waals surface area contributed by atoms with Gasteiger partial charge in [0, 0.05) is 0 Å². The molecule has 0 saturated heterocycles. The molecule has 2 aromatic carbocycles. The zero-order valence-electron chi connectivity index (χ0n) is 14.8. The summed E-state index contributed by atoms with van der Waals surface area (Å²) in [5.74, 6) is 5.08. The zero-order valence-corrected chi connectivity index (χ0v) is 14.8. The molecule has 3 nitrogen and oxygen atoms in total. The van der Waals surface area contributed by atoms with Gasteiger partial charge < -0.3 is 9.84 Å². The van der Waals surface area contributed by atoms with E-state index in [4.69, 9.17) is 9.84 Å². The molecule has 6 rings (SSSR count). The summed E-state index contributed by atoms with van der Waals surface area (Å²) in [4.78, 5) is 10.9. The monoisotopic (exact) mass is 348 g/mol. The van der Waals surface area contributed by atoms with Crippen LogP contribution < -0.4 is 4.74 Å². The van der Waals surface area contributed by atoms with Crippen molar-refractivity contribution >= 4 is 5.97 Å². The van der Waals surface area contributed by atoms with E-state index in [1.165, 1.54) is 37.7 Å². The van der Waals surface area contributed by atoms with Crippen molar-refractivity contribution in [1.29, 1.82) is 0 Å². The third kappa shape index (κ3) is 2.80. The van der Waals surface area contributed by atoms with Gasteiger partial charge in [0.1, 0.15) is 11.5 Å². The second-order valence-electron chi connectivity index (χ2n) is 8.46. The van der Waals surface area contributed by atoms with E-state index in [0.717, 1.165) is 35.3 Å². The van der Waals surface area contributed by atoms with Crippen molar-refractivity contribution < 1.29 is 14.6 Å². The first kappa shape index (κ1) is 15.9. The Morgan fingerprint density at radius 2 is 1.27 bits per heavy atom. The van der Waals surface area contributed by atoms with E-state index in [9.17, 15) is 4.79 Å². The fraction of sp³-hybridized carbons (Fsp3) is 0.435. The van der Waals surface area contributed by atoms with E-state index in [2.05, 4.69) is 24.3 Å². The molecule has 4 saturated carbocycles. The largest absolute Gasteiger partial charge is 0.478 e. The lowest BCUT2D eigenvalue weighted by atomic mass is 9.51. The van der Waals surface area contributed by atoms with Gasteiger partial charge in [0.25, 0.3) is 0 Å². The summed E-state index contributed by atoms with van der Waals surface area (Å²) in [5, 5.41) is 8.97. The molecule has 0 amide bonds. The molecule has 0 spiro atoms. The molecular weight excluding hydrogens is 324 g/mol. The summed E-state index contributed by atoms with van der Waals surface area (Å²) in [6.07, 6.45) is 7.24. The van der Waals surface area contributed by atoms with Crippen LogP contribution in [0.4, 0.5) is 0 Å². The minimum atomic E-state index is -0.920. The van der Waals surface area contributed by atoms with Crippen molar-refractivity contribution in [3.05, 3.63) is 59.7 Å². The molecule has 3 heteroatoms. The van der Waals surface area contributed by atoms with Crippen LogP contribution in [0.25, 0.3) is 0 Å². The molecule has 0 heterocycles. The maximum Gasteiger partial charge on any atom is 0.335 e. The van der Waals surface area contributed by atoms with Gasteiger partial charge in [-0.05, 0) is 104 Å². The molecule has 4 fully saturated rings. The summed E-state index contributed by atoms with van der Waals surface area (Å²) >= 11 is 0. The molecule has 2 aromatic rings. The standard InChI is InChI=1S/C23H24O3/c24-23(25)17-3-7-21(8-4-17)26-20-5-1-16(2-6-20)22-18-10-14-9-15(12-18)13-19(22)11-14/h1-8,14-15,18-19,22H,9-13H2,(H,24,25)/t14-,15+,18-,19+,22?. The molecule has 0 unspecified atom stereocenters. The highest BCUT2D eigenvalue weighted by Gasteiger charge is 2.48. The van der Waals surface area contributed by atoms with Crippen LogP contribution in [0.15, 0.2) is 48.5 Å². The highest BCUT2D eigenvalue weighted by atomic mass is 16.5. The van der Waals surface area contributed by atoms with Crippen LogP contribution in [0.2, 0.25) is 0 Å². The number of carboxylic acids is 1. The lowest BCUT2D eigenvalue weighted by Gasteiger charge is -2.54. The predicted octanol–water partition coefficient (Wildman–Crippen LogP) is 5.72. The van der Waals surface area contributed by atoms with Crippen LogP contribution in [0.3, 0.4) is 0 Å². The van der Waals surface area contributed by atoms with Crippen molar-refractivity contribution in [2.75, 3.05) is 0 Å². The lowest BCUT2D eigenvalue weighted by Crippen LogP contribution is -2.43. The molecule has 26 heavy (non-hydrogen) atoms. The van der Waals surface area contributed by atoms with Gasteiger partial charge in [-0.1, -0.05) is 12.1 Å². The Hall–Kier alpha value is -2.29. The van der Waals surface area contributed by atoms with Crippen LogP contribution >= 0.6 is 0 Å². The normalized spacial score (nSPS) is 31.8. The van der Waals surface area contributed by atoms with E-state index in [0.29, 0.717) is 5.75 Å². The summed E-state index contributed by atoms with van der Waals surface area (Å²) < 4.78 is 5.88. The first-order valence-corrected chi connectivity index (χ1v) is 9.77. The van der Waals surface area contributed by atoms with E-state index in [1.807, 2.05) is 0 Å². The SMILES string of the molecule is O=C(O)c1ccc(Oc2ccc(C3[C@H]4C[C@@H]5C[C@@H](C[C@H]3C5)C4)cc2)cc1. The Labute approximate surface area is 154 Å². The van der Waals surface area contributed by atoms with Crippen LogP contribution in [-0.2, 0) is 0 Å². The average molecular weight is 348 g/mol. The third-order valence-electron chi connectivity index (χ3n) is 6.83. The third-order valence-corrected chi connectivity index (χ3v) is 6.83. The molecule has 1 N–H and O–H groups in total. The van der Waals surface area contributed by atoms with Crippen LogP contribution in [0, 0.1) is 23.7 Å². The molecular formula is C23H24O3. The second kappa shape index (κ2) is 6.15. The van der Waals surface area contributed by atoms with Gasteiger partial charge in [-0.3, -0.25) is 0 Å². The topological polar surface area (TPSA) is 46.5 Å². The summed E-state index contributed by atoms with van der Waals surface area (Å²) in [6, 6.07) is 15.2. The highest BCUT2D eigenvalue weighted by molar-refractivity contribution is 5.87. The Morgan fingerprint density at radius 3 is 1.77 bits per heavy atom. The molecule has 0 aromatic heterocycles. The van der Waals surface area contributed by atoms with Gasteiger partial charge in [-0.2, -0.15) is 0 Å². The Bertz CT molecular complexity index is 778. The Balaban J connectivity index is 1.31. The van der Waals surface area contributed by atoms with Crippen LogP contribution in [0.1, 0.15) is 53.9 Å². The molecule has 4 bridgehead atoms. The van der Waals surface area contributed by atoms with Gasteiger partial charge in [0.05, 0.1) is 5.56 Å². The number of benzene rings is 2. The van der Waals surface area contributed by atoms with Crippen molar-refractivity contribution in [3.63, 3.8) is 0 Å². The summed E-state index contributed by atoms with van der Waals surface area (Å²) in [6.45, 7) is 0. The number of aromatic carboxylic acids is 1. The first-order valence-electron chi connectivity index (χ1n) is 9.77.